The third-order valence-corrected chi connectivity index (χ3v) is 3.33. The Labute approximate surface area is 125 Å². The lowest BCUT2D eigenvalue weighted by Gasteiger charge is -2.27. The van der Waals surface area contributed by atoms with Crippen LogP contribution in [0.25, 0.3) is 0 Å². The molecule has 1 atom stereocenters. The van der Waals surface area contributed by atoms with Crippen LogP contribution in [0.5, 0.6) is 5.75 Å². The SMILES string of the molecule is CCC(C)(C)NC(=O)C(C)Oc1ccccc1CC(=O)O. The number of aliphatic carboxylic acids is 1. The summed E-state index contributed by atoms with van der Waals surface area (Å²) in [6.07, 6.45) is -0.0165. The summed E-state index contributed by atoms with van der Waals surface area (Å²) in [6, 6.07) is 6.86. The molecule has 1 aromatic carbocycles. The zero-order valence-corrected chi connectivity index (χ0v) is 13.0. The topological polar surface area (TPSA) is 75.6 Å². The standard InChI is InChI=1S/C16H23NO4/c1-5-16(3,4)17-15(20)11(2)21-13-9-7-6-8-12(13)10-14(18)19/h6-9,11H,5,10H2,1-4H3,(H,17,20)(H,18,19). The van der Waals surface area contributed by atoms with Crippen LogP contribution in [0, 0.1) is 0 Å². The Morgan fingerprint density at radius 2 is 1.95 bits per heavy atom. The van der Waals surface area contributed by atoms with Crippen molar-refractivity contribution in [3.8, 4) is 5.75 Å². The summed E-state index contributed by atoms with van der Waals surface area (Å²) in [5.74, 6) is -0.723. The third-order valence-electron chi connectivity index (χ3n) is 3.33. The lowest BCUT2D eigenvalue weighted by molar-refractivity contribution is -0.136. The predicted octanol–water partition coefficient (Wildman–Crippen LogP) is 2.39. The first-order valence-electron chi connectivity index (χ1n) is 7.03. The Morgan fingerprint density at radius 3 is 2.52 bits per heavy atom. The first kappa shape index (κ1) is 17.0. The lowest BCUT2D eigenvalue weighted by atomic mass is 10.0. The minimum Gasteiger partial charge on any atom is -0.481 e. The van der Waals surface area contributed by atoms with Crippen LogP contribution in [0.4, 0.5) is 0 Å². The van der Waals surface area contributed by atoms with Gasteiger partial charge in [0.05, 0.1) is 6.42 Å². The average molecular weight is 293 g/mol. The molecule has 0 spiro atoms. The Balaban J connectivity index is 2.77. The molecule has 2 N–H and O–H groups in total. The molecule has 5 nitrogen and oxygen atoms in total. The molecule has 5 heteroatoms. The maximum Gasteiger partial charge on any atom is 0.307 e. The summed E-state index contributed by atoms with van der Waals surface area (Å²) in [5.41, 5.74) is 0.259. The number of hydrogen-bond donors (Lipinski definition) is 2. The van der Waals surface area contributed by atoms with E-state index in [0.717, 1.165) is 6.42 Å². The highest BCUT2D eigenvalue weighted by atomic mass is 16.5. The van der Waals surface area contributed by atoms with Crippen LogP contribution >= 0.6 is 0 Å². The number of hydrogen-bond acceptors (Lipinski definition) is 3. The molecule has 0 aliphatic heterocycles. The number of carbonyl (C=O) groups excluding carboxylic acids is 1. The van der Waals surface area contributed by atoms with Crippen molar-refractivity contribution in [2.24, 2.45) is 0 Å². The number of nitrogens with one attached hydrogen (secondary N) is 1. The van der Waals surface area contributed by atoms with E-state index in [9.17, 15) is 9.59 Å². The first-order valence-corrected chi connectivity index (χ1v) is 7.03. The van der Waals surface area contributed by atoms with Gasteiger partial charge in [0.2, 0.25) is 0 Å². The Bertz CT molecular complexity index is 511. The van der Waals surface area contributed by atoms with Gasteiger partial charge in [-0.25, -0.2) is 0 Å². The maximum atomic E-state index is 12.1. The molecule has 21 heavy (non-hydrogen) atoms. The normalized spacial score (nSPS) is 12.6. The van der Waals surface area contributed by atoms with Gasteiger partial charge < -0.3 is 15.2 Å². The molecule has 0 bridgehead atoms. The van der Waals surface area contributed by atoms with Gasteiger partial charge in [-0.2, -0.15) is 0 Å². The molecule has 0 saturated carbocycles. The second kappa shape index (κ2) is 7.11. The highest BCUT2D eigenvalue weighted by Gasteiger charge is 2.23. The van der Waals surface area contributed by atoms with E-state index in [0.29, 0.717) is 11.3 Å². The van der Waals surface area contributed by atoms with Crippen molar-refractivity contribution >= 4 is 11.9 Å². The van der Waals surface area contributed by atoms with Gasteiger partial charge in [0.15, 0.2) is 6.10 Å². The molecule has 1 rings (SSSR count). The van der Waals surface area contributed by atoms with Crippen molar-refractivity contribution in [2.75, 3.05) is 0 Å². The van der Waals surface area contributed by atoms with Crippen molar-refractivity contribution in [2.45, 2.75) is 52.2 Å². The number of carboxylic acid groups (broad SMARTS) is 1. The molecular weight excluding hydrogens is 270 g/mol. The number of amides is 1. The molecule has 0 heterocycles. The second-order valence-corrected chi connectivity index (χ2v) is 5.67. The van der Waals surface area contributed by atoms with E-state index in [1.54, 1.807) is 31.2 Å². The van der Waals surface area contributed by atoms with Crippen LogP contribution < -0.4 is 10.1 Å². The predicted molar refractivity (Wildman–Crippen MR) is 80.4 cm³/mol. The molecule has 116 valence electrons. The number of para-hydroxylation sites is 1. The molecule has 1 unspecified atom stereocenters. The van der Waals surface area contributed by atoms with Crippen LogP contribution in [-0.4, -0.2) is 28.6 Å². The van der Waals surface area contributed by atoms with Gasteiger partial charge >= 0.3 is 5.97 Å². The number of rotatable bonds is 7. The first-order chi connectivity index (χ1) is 9.75. The number of benzene rings is 1. The van der Waals surface area contributed by atoms with E-state index in [-0.39, 0.29) is 17.9 Å². The number of ether oxygens (including phenoxy) is 1. The number of carboxylic acids is 1. The van der Waals surface area contributed by atoms with Crippen molar-refractivity contribution < 1.29 is 19.4 Å². The summed E-state index contributed by atoms with van der Waals surface area (Å²) in [5, 5.41) is 11.8. The average Bonchev–Trinajstić information content (AvgIpc) is 2.40. The Morgan fingerprint density at radius 1 is 1.33 bits per heavy atom. The molecule has 0 saturated heterocycles. The minimum atomic E-state index is -0.935. The van der Waals surface area contributed by atoms with E-state index in [2.05, 4.69) is 5.32 Å². The smallest absolute Gasteiger partial charge is 0.307 e. The molecule has 0 aliphatic rings. The quantitative estimate of drug-likeness (QED) is 0.809. The number of carbonyl (C=O) groups is 2. The van der Waals surface area contributed by atoms with Crippen molar-refractivity contribution in [1.82, 2.24) is 5.32 Å². The van der Waals surface area contributed by atoms with E-state index in [1.165, 1.54) is 0 Å². The summed E-state index contributed by atoms with van der Waals surface area (Å²) in [4.78, 5) is 22.9. The van der Waals surface area contributed by atoms with Crippen LogP contribution in [0.1, 0.15) is 39.7 Å². The van der Waals surface area contributed by atoms with Gasteiger partial charge in [-0.15, -0.1) is 0 Å². The van der Waals surface area contributed by atoms with Crippen LogP contribution in [0.15, 0.2) is 24.3 Å². The maximum absolute atomic E-state index is 12.1. The summed E-state index contributed by atoms with van der Waals surface area (Å²) >= 11 is 0. The van der Waals surface area contributed by atoms with E-state index in [1.807, 2.05) is 20.8 Å². The van der Waals surface area contributed by atoms with Crippen molar-refractivity contribution in [1.29, 1.82) is 0 Å². The fourth-order valence-electron chi connectivity index (χ4n) is 1.70. The van der Waals surface area contributed by atoms with Crippen molar-refractivity contribution in [3.05, 3.63) is 29.8 Å². The molecule has 0 aliphatic carbocycles. The molecule has 0 fully saturated rings. The van der Waals surface area contributed by atoms with Crippen LogP contribution in [0.3, 0.4) is 0 Å². The van der Waals surface area contributed by atoms with Crippen LogP contribution in [0.2, 0.25) is 0 Å². The largest absolute Gasteiger partial charge is 0.481 e. The molecular formula is C16H23NO4. The minimum absolute atomic E-state index is 0.134. The van der Waals surface area contributed by atoms with E-state index in [4.69, 9.17) is 9.84 Å². The summed E-state index contributed by atoms with van der Waals surface area (Å²) < 4.78 is 5.62. The monoisotopic (exact) mass is 293 g/mol. The zero-order valence-electron chi connectivity index (χ0n) is 13.0. The van der Waals surface area contributed by atoms with Gasteiger partial charge in [0.25, 0.3) is 5.91 Å². The van der Waals surface area contributed by atoms with Gasteiger partial charge in [-0.1, -0.05) is 25.1 Å². The lowest BCUT2D eigenvalue weighted by Crippen LogP contribution is -2.48. The second-order valence-electron chi connectivity index (χ2n) is 5.67. The fourth-order valence-corrected chi connectivity index (χ4v) is 1.70. The molecule has 1 aromatic rings. The highest BCUT2D eigenvalue weighted by Crippen LogP contribution is 2.20. The summed E-state index contributed by atoms with van der Waals surface area (Å²) in [7, 11) is 0. The summed E-state index contributed by atoms with van der Waals surface area (Å²) in [6.45, 7) is 7.53. The van der Waals surface area contributed by atoms with E-state index < -0.39 is 12.1 Å². The molecule has 1 amide bonds. The molecule has 0 radical (unpaired) electrons. The van der Waals surface area contributed by atoms with Gasteiger partial charge in [-0.3, -0.25) is 9.59 Å². The van der Waals surface area contributed by atoms with Crippen LogP contribution in [-0.2, 0) is 16.0 Å². The highest BCUT2D eigenvalue weighted by molar-refractivity contribution is 5.81. The van der Waals surface area contributed by atoms with Gasteiger partial charge in [-0.05, 0) is 33.3 Å². The Kier molecular flexibility index (Phi) is 5.76. The van der Waals surface area contributed by atoms with Gasteiger partial charge in [0, 0.05) is 11.1 Å². The fraction of sp³-hybridized carbons (Fsp3) is 0.500. The third kappa shape index (κ3) is 5.45. The zero-order chi connectivity index (χ0) is 16.0. The van der Waals surface area contributed by atoms with Gasteiger partial charge in [0.1, 0.15) is 5.75 Å². The van der Waals surface area contributed by atoms with E-state index >= 15 is 0 Å². The molecule has 0 aromatic heterocycles. The van der Waals surface area contributed by atoms with Crippen molar-refractivity contribution in [3.63, 3.8) is 0 Å². The Hall–Kier alpha value is -2.04.